The Labute approximate surface area is 227 Å². The third-order valence-electron chi connectivity index (χ3n) is 7.62. The van der Waals surface area contributed by atoms with E-state index in [0.717, 1.165) is 30.9 Å². The first-order valence-electron chi connectivity index (χ1n) is 13.8. The molecule has 1 aliphatic rings. The largest absolute Gasteiger partial charge is 0.573 e. The maximum atomic E-state index is 15.9. The highest BCUT2D eigenvalue weighted by atomic mass is 19.4. The number of halogens is 5. The average molecular weight is 547 g/mol. The van der Waals surface area contributed by atoms with Gasteiger partial charge in [0.25, 0.3) is 0 Å². The van der Waals surface area contributed by atoms with Crippen molar-refractivity contribution < 1.29 is 31.4 Å². The number of unbranched alkanes of at least 4 members (excludes halogenated alkanes) is 2. The molecule has 0 saturated heterocycles. The summed E-state index contributed by atoms with van der Waals surface area (Å²) in [6.45, 7) is 2.21. The van der Waals surface area contributed by atoms with Gasteiger partial charge in [0, 0.05) is 11.1 Å². The molecule has 1 saturated carbocycles. The second-order valence-electron chi connectivity index (χ2n) is 10.4. The van der Waals surface area contributed by atoms with Crippen LogP contribution >= 0.6 is 0 Å². The summed E-state index contributed by atoms with van der Waals surface area (Å²) in [5, 5.41) is 0. The first-order chi connectivity index (χ1) is 18.7. The molecule has 210 valence electrons. The zero-order chi connectivity index (χ0) is 27.8. The third kappa shape index (κ3) is 8.20. The zero-order valence-corrected chi connectivity index (χ0v) is 22.2. The second-order valence-corrected chi connectivity index (χ2v) is 10.4. The molecule has 39 heavy (non-hydrogen) atoms. The SMILES string of the molecule is CCCCCC1CCC(CCc2c(F)cc(-c3ccccc3)c(Oc3ccc(OC(F)(F)F)cc3)c2F)CC1. The molecule has 0 aromatic heterocycles. The van der Waals surface area contributed by atoms with Crippen molar-refractivity contribution in [2.75, 3.05) is 0 Å². The van der Waals surface area contributed by atoms with Crippen LogP contribution in [-0.2, 0) is 6.42 Å². The van der Waals surface area contributed by atoms with Crippen molar-refractivity contribution in [3.05, 3.63) is 77.9 Å². The summed E-state index contributed by atoms with van der Waals surface area (Å²) in [6, 6.07) is 14.7. The molecule has 0 aliphatic heterocycles. The minimum absolute atomic E-state index is 0.0215. The number of hydrogen-bond acceptors (Lipinski definition) is 2. The van der Waals surface area contributed by atoms with Crippen LogP contribution in [0.15, 0.2) is 60.7 Å². The van der Waals surface area contributed by atoms with Crippen LogP contribution in [0.3, 0.4) is 0 Å². The van der Waals surface area contributed by atoms with Gasteiger partial charge in [-0.05, 0) is 60.6 Å². The molecular weight excluding hydrogens is 511 g/mol. The summed E-state index contributed by atoms with van der Waals surface area (Å²) in [5.74, 6) is -0.664. The van der Waals surface area contributed by atoms with E-state index in [9.17, 15) is 13.2 Å². The topological polar surface area (TPSA) is 18.5 Å². The Balaban J connectivity index is 1.52. The zero-order valence-electron chi connectivity index (χ0n) is 22.2. The summed E-state index contributed by atoms with van der Waals surface area (Å²) in [4.78, 5) is 0. The number of alkyl halides is 3. The summed E-state index contributed by atoms with van der Waals surface area (Å²) in [6.07, 6.45) is 5.68. The Kier molecular flexibility index (Phi) is 9.87. The van der Waals surface area contributed by atoms with Gasteiger partial charge >= 0.3 is 6.36 Å². The average Bonchev–Trinajstić information content (AvgIpc) is 2.91. The van der Waals surface area contributed by atoms with Crippen LogP contribution in [0.25, 0.3) is 11.1 Å². The molecule has 2 nitrogen and oxygen atoms in total. The van der Waals surface area contributed by atoms with E-state index in [4.69, 9.17) is 4.74 Å². The van der Waals surface area contributed by atoms with Crippen molar-refractivity contribution in [1.82, 2.24) is 0 Å². The highest BCUT2D eigenvalue weighted by molar-refractivity contribution is 5.72. The van der Waals surface area contributed by atoms with Crippen LogP contribution < -0.4 is 9.47 Å². The number of ether oxygens (including phenoxy) is 2. The van der Waals surface area contributed by atoms with Gasteiger partial charge in [-0.25, -0.2) is 8.78 Å². The van der Waals surface area contributed by atoms with E-state index >= 15 is 8.78 Å². The van der Waals surface area contributed by atoms with Crippen LogP contribution in [0, 0.1) is 23.5 Å². The van der Waals surface area contributed by atoms with E-state index in [1.807, 2.05) is 0 Å². The van der Waals surface area contributed by atoms with E-state index in [0.29, 0.717) is 17.9 Å². The molecule has 4 rings (SSSR count). The standard InChI is InChI=1S/C32H35F5O2/c1-2-3-5-8-22-11-13-23(14-12-22)15-20-27-29(33)21-28(24-9-6-4-7-10-24)31(30(27)34)38-25-16-18-26(19-17-25)39-32(35,36)37/h4,6-7,9-10,16-19,21-23H,2-3,5,8,11-15,20H2,1H3. The van der Waals surface area contributed by atoms with Crippen LogP contribution in [0.4, 0.5) is 22.0 Å². The van der Waals surface area contributed by atoms with Gasteiger partial charge in [0.15, 0.2) is 11.6 Å². The van der Waals surface area contributed by atoms with E-state index in [-0.39, 0.29) is 29.0 Å². The van der Waals surface area contributed by atoms with Crippen LogP contribution in [0.5, 0.6) is 17.2 Å². The van der Waals surface area contributed by atoms with Crippen LogP contribution in [0.1, 0.15) is 70.3 Å². The maximum absolute atomic E-state index is 15.9. The number of benzene rings is 3. The minimum Gasteiger partial charge on any atom is -0.454 e. The summed E-state index contributed by atoms with van der Waals surface area (Å²) >= 11 is 0. The fourth-order valence-electron chi connectivity index (χ4n) is 5.47. The summed E-state index contributed by atoms with van der Waals surface area (Å²) in [7, 11) is 0. The molecule has 0 radical (unpaired) electrons. The van der Waals surface area contributed by atoms with Crippen molar-refractivity contribution in [1.29, 1.82) is 0 Å². The fourth-order valence-corrected chi connectivity index (χ4v) is 5.47. The van der Waals surface area contributed by atoms with Crippen molar-refractivity contribution in [3.63, 3.8) is 0 Å². The second kappa shape index (κ2) is 13.3. The van der Waals surface area contributed by atoms with Crippen molar-refractivity contribution >= 4 is 0 Å². The van der Waals surface area contributed by atoms with Gasteiger partial charge in [-0.2, -0.15) is 0 Å². The lowest BCUT2D eigenvalue weighted by molar-refractivity contribution is -0.274. The minimum atomic E-state index is -4.82. The molecule has 0 N–H and O–H groups in total. The van der Waals surface area contributed by atoms with E-state index < -0.39 is 23.7 Å². The van der Waals surface area contributed by atoms with Gasteiger partial charge in [-0.3, -0.25) is 0 Å². The third-order valence-corrected chi connectivity index (χ3v) is 7.62. The predicted molar refractivity (Wildman–Crippen MR) is 143 cm³/mol. The van der Waals surface area contributed by atoms with Crippen molar-refractivity contribution in [2.24, 2.45) is 11.8 Å². The molecule has 1 aliphatic carbocycles. The Morgan fingerprint density at radius 2 is 1.41 bits per heavy atom. The summed E-state index contributed by atoms with van der Waals surface area (Å²) in [5.41, 5.74) is 0.777. The molecule has 0 heterocycles. The molecule has 0 spiro atoms. The molecule has 0 bridgehead atoms. The quantitative estimate of drug-likeness (QED) is 0.176. The molecule has 0 unspecified atom stereocenters. The molecular formula is C32H35F5O2. The first kappa shape index (κ1) is 28.9. The van der Waals surface area contributed by atoms with Crippen molar-refractivity contribution in [3.8, 4) is 28.4 Å². The first-order valence-corrected chi connectivity index (χ1v) is 13.8. The Morgan fingerprint density at radius 1 is 0.795 bits per heavy atom. The highest BCUT2D eigenvalue weighted by Crippen LogP contribution is 2.41. The van der Waals surface area contributed by atoms with Gasteiger partial charge in [-0.15, -0.1) is 13.2 Å². The van der Waals surface area contributed by atoms with Crippen LogP contribution in [0.2, 0.25) is 0 Å². The molecule has 0 amide bonds. The summed E-state index contributed by atoms with van der Waals surface area (Å²) < 4.78 is 78.5. The van der Waals surface area contributed by atoms with E-state index in [2.05, 4.69) is 11.7 Å². The molecule has 7 heteroatoms. The predicted octanol–water partition coefficient (Wildman–Crippen LogP) is 10.6. The lowest BCUT2D eigenvalue weighted by Crippen LogP contribution is -2.16. The number of rotatable bonds is 11. The maximum Gasteiger partial charge on any atom is 0.573 e. The van der Waals surface area contributed by atoms with Crippen molar-refractivity contribution in [2.45, 2.75) is 77.5 Å². The van der Waals surface area contributed by atoms with Gasteiger partial charge in [0.1, 0.15) is 17.3 Å². The molecule has 3 aromatic carbocycles. The molecule has 0 atom stereocenters. The fraction of sp³-hybridized carbons (Fsp3) is 0.438. The van der Waals surface area contributed by atoms with Gasteiger partial charge < -0.3 is 9.47 Å². The molecule has 1 fully saturated rings. The lowest BCUT2D eigenvalue weighted by atomic mass is 9.77. The normalized spacial score (nSPS) is 17.7. The smallest absolute Gasteiger partial charge is 0.454 e. The lowest BCUT2D eigenvalue weighted by Gasteiger charge is -2.28. The molecule has 3 aromatic rings. The Bertz CT molecular complexity index is 1180. The number of hydrogen-bond donors (Lipinski definition) is 0. The van der Waals surface area contributed by atoms with Gasteiger partial charge in [0.05, 0.1) is 0 Å². The van der Waals surface area contributed by atoms with E-state index in [1.165, 1.54) is 56.7 Å². The Hall–Kier alpha value is -3.09. The Morgan fingerprint density at radius 3 is 2.03 bits per heavy atom. The monoisotopic (exact) mass is 546 g/mol. The van der Waals surface area contributed by atoms with Gasteiger partial charge in [0.2, 0.25) is 0 Å². The van der Waals surface area contributed by atoms with E-state index in [1.54, 1.807) is 30.3 Å². The van der Waals surface area contributed by atoms with Crippen LogP contribution in [-0.4, -0.2) is 6.36 Å². The highest BCUT2D eigenvalue weighted by Gasteiger charge is 2.31. The van der Waals surface area contributed by atoms with Gasteiger partial charge in [-0.1, -0.05) is 88.6 Å².